The summed E-state index contributed by atoms with van der Waals surface area (Å²) in [7, 11) is 0. The SMILES string of the molecule is CC(C)CN1CCC(C2CC2)C1. The molecule has 70 valence electrons. The molecule has 1 unspecified atom stereocenters. The van der Waals surface area contributed by atoms with Crippen molar-refractivity contribution >= 4 is 0 Å². The molecule has 1 heterocycles. The molecule has 2 rings (SSSR count). The quantitative estimate of drug-likeness (QED) is 0.624. The average molecular weight is 167 g/mol. The fourth-order valence-electron chi connectivity index (χ4n) is 2.50. The largest absolute Gasteiger partial charge is 0.303 e. The van der Waals surface area contributed by atoms with Gasteiger partial charge in [-0.2, -0.15) is 0 Å². The van der Waals surface area contributed by atoms with Crippen molar-refractivity contribution in [1.29, 1.82) is 0 Å². The first-order chi connectivity index (χ1) is 5.75. The number of nitrogens with zero attached hydrogens (tertiary/aromatic N) is 1. The van der Waals surface area contributed by atoms with Gasteiger partial charge in [-0.3, -0.25) is 0 Å². The Kier molecular flexibility index (Phi) is 2.40. The molecule has 2 aliphatic rings. The standard InChI is InChI=1S/C11H21N/c1-9(2)7-12-6-5-11(8-12)10-3-4-10/h9-11H,3-8H2,1-2H3. The van der Waals surface area contributed by atoms with Crippen LogP contribution in [0.4, 0.5) is 0 Å². The highest BCUT2D eigenvalue weighted by Gasteiger charge is 2.35. The van der Waals surface area contributed by atoms with Gasteiger partial charge in [0.25, 0.3) is 0 Å². The second kappa shape index (κ2) is 3.37. The van der Waals surface area contributed by atoms with Crippen LogP contribution < -0.4 is 0 Å². The molecule has 1 nitrogen and oxygen atoms in total. The maximum absolute atomic E-state index is 2.66. The Morgan fingerprint density at radius 3 is 2.50 bits per heavy atom. The lowest BCUT2D eigenvalue weighted by atomic mass is 10.0. The van der Waals surface area contributed by atoms with Crippen molar-refractivity contribution in [1.82, 2.24) is 4.90 Å². The van der Waals surface area contributed by atoms with E-state index >= 15 is 0 Å². The van der Waals surface area contributed by atoms with E-state index in [1.807, 2.05) is 0 Å². The number of rotatable bonds is 3. The van der Waals surface area contributed by atoms with E-state index in [4.69, 9.17) is 0 Å². The summed E-state index contributed by atoms with van der Waals surface area (Å²) in [6.45, 7) is 8.75. The van der Waals surface area contributed by atoms with Gasteiger partial charge >= 0.3 is 0 Å². The number of hydrogen-bond acceptors (Lipinski definition) is 1. The van der Waals surface area contributed by atoms with Crippen molar-refractivity contribution in [2.45, 2.75) is 33.1 Å². The zero-order valence-electron chi connectivity index (χ0n) is 8.42. The zero-order valence-corrected chi connectivity index (χ0v) is 8.42. The molecule has 0 aromatic heterocycles. The van der Waals surface area contributed by atoms with Crippen LogP contribution in [0.25, 0.3) is 0 Å². The second-order valence-electron chi connectivity index (χ2n) is 5.04. The number of hydrogen-bond donors (Lipinski definition) is 0. The summed E-state index contributed by atoms with van der Waals surface area (Å²) in [6.07, 6.45) is 4.54. The summed E-state index contributed by atoms with van der Waals surface area (Å²) in [5.41, 5.74) is 0. The van der Waals surface area contributed by atoms with Crippen LogP contribution in [0.1, 0.15) is 33.1 Å². The van der Waals surface area contributed by atoms with Crippen molar-refractivity contribution in [3.8, 4) is 0 Å². The van der Waals surface area contributed by atoms with Gasteiger partial charge in [0.05, 0.1) is 0 Å². The zero-order chi connectivity index (χ0) is 8.55. The third kappa shape index (κ3) is 2.01. The molecule has 1 atom stereocenters. The molecule has 1 aliphatic heterocycles. The predicted molar refractivity (Wildman–Crippen MR) is 52.1 cm³/mol. The summed E-state index contributed by atoms with van der Waals surface area (Å²) in [4.78, 5) is 2.66. The molecule has 12 heavy (non-hydrogen) atoms. The molecule has 0 spiro atoms. The molecule has 0 amide bonds. The molecular weight excluding hydrogens is 146 g/mol. The van der Waals surface area contributed by atoms with E-state index in [2.05, 4.69) is 18.7 Å². The molecule has 0 aromatic rings. The Morgan fingerprint density at radius 1 is 1.17 bits per heavy atom. The molecule has 2 fully saturated rings. The summed E-state index contributed by atoms with van der Waals surface area (Å²) in [6, 6.07) is 0. The second-order valence-corrected chi connectivity index (χ2v) is 5.04. The van der Waals surface area contributed by atoms with Crippen molar-refractivity contribution in [2.75, 3.05) is 19.6 Å². The van der Waals surface area contributed by atoms with Gasteiger partial charge in [0.2, 0.25) is 0 Å². The van der Waals surface area contributed by atoms with Crippen molar-refractivity contribution in [3.05, 3.63) is 0 Å². The highest BCUT2D eigenvalue weighted by molar-refractivity contribution is 4.87. The summed E-state index contributed by atoms with van der Waals surface area (Å²) < 4.78 is 0. The van der Waals surface area contributed by atoms with Gasteiger partial charge in [-0.1, -0.05) is 13.8 Å². The van der Waals surface area contributed by atoms with Gasteiger partial charge < -0.3 is 4.90 Å². The van der Waals surface area contributed by atoms with Crippen molar-refractivity contribution in [2.24, 2.45) is 17.8 Å². The Morgan fingerprint density at radius 2 is 1.92 bits per heavy atom. The Balaban J connectivity index is 1.73. The Labute approximate surface area is 76.1 Å². The highest BCUT2D eigenvalue weighted by atomic mass is 15.1. The third-order valence-electron chi connectivity index (χ3n) is 3.22. The minimum atomic E-state index is 0.850. The fourth-order valence-corrected chi connectivity index (χ4v) is 2.50. The smallest absolute Gasteiger partial charge is 0.00129 e. The van der Waals surface area contributed by atoms with Gasteiger partial charge in [0.15, 0.2) is 0 Å². The van der Waals surface area contributed by atoms with E-state index in [1.54, 1.807) is 0 Å². The first-order valence-corrected chi connectivity index (χ1v) is 5.48. The van der Waals surface area contributed by atoms with Gasteiger partial charge in [0, 0.05) is 13.1 Å². The van der Waals surface area contributed by atoms with E-state index in [0.717, 1.165) is 17.8 Å². The number of likely N-dealkylation sites (tertiary alicyclic amines) is 1. The first-order valence-electron chi connectivity index (χ1n) is 5.48. The van der Waals surface area contributed by atoms with Crippen molar-refractivity contribution < 1.29 is 0 Å². The third-order valence-corrected chi connectivity index (χ3v) is 3.22. The minimum absolute atomic E-state index is 0.850. The molecule has 0 radical (unpaired) electrons. The Bertz CT molecular complexity index is 149. The van der Waals surface area contributed by atoms with Crippen LogP contribution >= 0.6 is 0 Å². The minimum Gasteiger partial charge on any atom is -0.303 e. The summed E-state index contributed by atoms with van der Waals surface area (Å²) in [5.74, 6) is 3.05. The van der Waals surface area contributed by atoms with E-state index in [1.165, 1.54) is 38.9 Å². The van der Waals surface area contributed by atoms with E-state index in [-0.39, 0.29) is 0 Å². The average Bonchev–Trinajstić information content (AvgIpc) is 2.73. The predicted octanol–water partition coefficient (Wildman–Crippen LogP) is 2.37. The van der Waals surface area contributed by atoms with E-state index in [9.17, 15) is 0 Å². The van der Waals surface area contributed by atoms with Crippen molar-refractivity contribution in [3.63, 3.8) is 0 Å². The van der Waals surface area contributed by atoms with Crippen LogP contribution in [0.2, 0.25) is 0 Å². The van der Waals surface area contributed by atoms with Crippen LogP contribution in [0.5, 0.6) is 0 Å². The lowest BCUT2D eigenvalue weighted by Crippen LogP contribution is -2.25. The first kappa shape index (κ1) is 8.55. The Hall–Kier alpha value is -0.0400. The molecule has 1 saturated heterocycles. The van der Waals surface area contributed by atoms with E-state index < -0.39 is 0 Å². The summed E-state index contributed by atoms with van der Waals surface area (Å²) in [5, 5.41) is 0. The molecule has 0 aromatic carbocycles. The van der Waals surface area contributed by atoms with Crippen LogP contribution in [0, 0.1) is 17.8 Å². The lowest BCUT2D eigenvalue weighted by Gasteiger charge is -2.17. The fraction of sp³-hybridized carbons (Fsp3) is 1.00. The molecule has 1 heteroatoms. The lowest BCUT2D eigenvalue weighted by molar-refractivity contribution is 0.282. The molecule has 1 aliphatic carbocycles. The molecule has 0 N–H and O–H groups in total. The normalized spacial score (nSPS) is 31.8. The molecular formula is C11H21N. The summed E-state index contributed by atoms with van der Waals surface area (Å²) >= 11 is 0. The van der Waals surface area contributed by atoms with Crippen LogP contribution in [0.15, 0.2) is 0 Å². The van der Waals surface area contributed by atoms with Crippen LogP contribution in [-0.4, -0.2) is 24.5 Å². The van der Waals surface area contributed by atoms with Crippen LogP contribution in [0.3, 0.4) is 0 Å². The molecule has 1 saturated carbocycles. The highest BCUT2D eigenvalue weighted by Crippen LogP contribution is 2.41. The van der Waals surface area contributed by atoms with Gasteiger partial charge in [0.1, 0.15) is 0 Å². The van der Waals surface area contributed by atoms with E-state index in [0.29, 0.717) is 0 Å². The molecule has 0 bridgehead atoms. The maximum Gasteiger partial charge on any atom is 0.00129 e. The topological polar surface area (TPSA) is 3.24 Å². The van der Waals surface area contributed by atoms with Gasteiger partial charge in [-0.05, 0) is 43.6 Å². The van der Waals surface area contributed by atoms with Crippen LogP contribution in [-0.2, 0) is 0 Å². The monoisotopic (exact) mass is 167 g/mol. The van der Waals surface area contributed by atoms with Gasteiger partial charge in [-0.15, -0.1) is 0 Å². The van der Waals surface area contributed by atoms with Gasteiger partial charge in [-0.25, -0.2) is 0 Å². The maximum atomic E-state index is 2.66.